The van der Waals surface area contributed by atoms with E-state index in [1.807, 2.05) is 58.0 Å². The molecule has 13 heteroatoms. The summed E-state index contributed by atoms with van der Waals surface area (Å²) in [4.78, 5) is 68.6. The van der Waals surface area contributed by atoms with Gasteiger partial charge in [0.1, 0.15) is 6.04 Å². The van der Waals surface area contributed by atoms with Crippen LogP contribution in [0.3, 0.4) is 0 Å². The number of carbonyl (C=O) groups is 5. The number of methoxy groups -OCH3 is 2. The fourth-order valence-corrected chi connectivity index (χ4v) is 6.84. The van der Waals surface area contributed by atoms with Gasteiger partial charge in [-0.15, -0.1) is 0 Å². The predicted octanol–water partition coefficient (Wildman–Crippen LogP) is 2.08. The summed E-state index contributed by atoms with van der Waals surface area (Å²) in [5, 5.41) is 18.2. The monoisotopic (exact) mass is 689 g/mol. The zero-order valence-electron chi connectivity index (χ0n) is 30.7. The number of nitrogens with zero attached hydrogens (tertiary/aromatic N) is 2. The molecule has 1 fully saturated rings. The number of carboxylic acid groups (broad SMARTS) is 1. The van der Waals surface area contributed by atoms with Crippen LogP contribution in [-0.4, -0.2) is 122 Å². The maximum Gasteiger partial charge on any atom is 0.326 e. The third kappa shape index (κ3) is 11.5. The van der Waals surface area contributed by atoms with E-state index >= 15 is 0 Å². The highest BCUT2D eigenvalue weighted by atomic mass is 16.5. The van der Waals surface area contributed by atoms with E-state index in [2.05, 4.69) is 16.0 Å². The first-order valence-electron chi connectivity index (χ1n) is 17.3. The topological polar surface area (TPSA) is 167 Å². The fraction of sp³-hybridized carbons (Fsp3) is 0.694. The van der Waals surface area contributed by atoms with Crippen molar-refractivity contribution in [1.29, 1.82) is 0 Å². The van der Waals surface area contributed by atoms with Crippen LogP contribution in [0.15, 0.2) is 30.3 Å². The number of amides is 4. The predicted molar refractivity (Wildman–Crippen MR) is 187 cm³/mol. The van der Waals surface area contributed by atoms with Crippen LogP contribution < -0.4 is 16.0 Å². The molecule has 1 aromatic rings. The van der Waals surface area contributed by atoms with Gasteiger partial charge in [0.15, 0.2) is 0 Å². The third-order valence-electron chi connectivity index (χ3n) is 9.88. The van der Waals surface area contributed by atoms with Crippen LogP contribution in [0, 0.1) is 17.8 Å². The van der Waals surface area contributed by atoms with Gasteiger partial charge < -0.3 is 40.3 Å². The summed E-state index contributed by atoms with van der Waals surface area (Å²) in [6, 6.07) is 6.67. The van der Waals surface area contributed by atoms with Gasteiger partial charge in [-0.3, -0.25) is 19.2 Å². The number of carbonyl (C=O) groups excluding carboxylic acids is 4. The van der Waals surface area contributed by atoms with Crippen molar-refractivity contribution < 1.29 is 38.6 Å². The summed E-state index contributed by atoms with van der Waals surface area (Å²) in [5.74, 6) is -3.08. The number of hydrogen-bond donors (Lipinski definition) is 4. The molecular formula is C36H59N5O8. The van der Waals surface area contributed by atoms with Gasteiger partial charge >= 0.3 is 5.97 Å². The van der Waals surface area contributed by atoms with Crippen molar-refractivity contribution in [3.8, 4) is 0 Å². The lowest BCUT2D eigenvalue weighted by atomic mass is 9.90. The zero-order chi connectivity index (χ0) is 36.8. The second-order valence-electron chi connectivity index (χ2n) is 13.5. The van der Waals surface area contributed by atoms with E-state index in [1.54, 1.807) is 30.8 Å². The third-order valence-corrected chi connectivity index (χ3v) is 9.88. The van der Waals surface area contributed by atoms with Crippen molar-refractivity contribution in [1.82, 2.24) is 25.8 Å². The van der Waals surface area contributed by atoms with E-state index in [9.17, 15) is 29.1 Å². The molecule has 1 saturated heterocycles. The highest BCUT2D eigenvalue weighted by Gasteiger charge is 2.42. The average Bonchev–Trinajstić information content (AvgIpc) is 3.56. The van der Waals surface area contributed by atoms with E-state index in [0.717, 1.165) is 12.0 Å². The second kappa shape index (κ2) is 20.2. The Kier molecular flexibility index (Phi) is 17.2. The lowest BCUT2D eigenvalue weighted by Gasteiger charge is -2.39. The lowest BCUT2D eigenvalue weighted by molar-refractivity contribution is -0.147. The van der Waals surface area contributed by atoms with Crippen LogP contribution in [0.4, 0.5) is 0 Å². The maximum atomic E-state index is 13.9. The number of hydrogen-bond acceptors (Lipinski definition) is 8. The summed E-state index contributed by atoms with van der Waals surface area (Å²) in [6.07, 6.45) is 0.872. The number of aliphatic carboxylic acids is 1. The Morgan fingerprint density at radius 3 is 2.20 bits per heavy atom. The highest BCUT2D eigenvalue weighted by molar-refractivity contribution is 5.88. The molecule has 49 heavy (non-hydrogen) atoms. The first-order valence-corrected chi connectivity index (χ1v) is 17.3. The zero-order valence-corrected chi connectivity index (χ0v) is 30.7. The van der Waals surface area contributed by atoms with Gasteiger partial charge in [-0.25, -0.2) is 4.79 Å². The number of likely N-dealkylation sites (tertiary alicyclic amines) is 1. The number of carboxylic acids is 1. The Hall–Kier alpha value is -3.55. The van der Waals surface area contributed by atoms with Crippen LogP contribution in [-0.2, 0) is 39.9 Å². The average molecular weight is 690 g/mol. The quantitative estimate of drug-likeness (QED) is 0.160. The van der Waals surface area contributed by atoms with Crippen molar-refractivity contribution in [3.63, 3.8) is 0 Å². The van der Waals surface area contributed by atoms with E-state index in [1.165, 1.54) is 14.2 Å². The summed E-state index contributed by atoms with van der Waals surface area (Å²) in [6.45, 7) is 9.82. The minimum atomic E-state index is -1.14. The van der Waals surface area contributed by atoms with Crippen molar-refractivity contribution in [2.24, 2.45) is 17.8 Å². The minimum Gasteiger partial charge on any atom is -0.480 e. The molecule has 0 spiro atoms. The molecule has 8 atom stereocenters. The van der Waals surface area contributed by atoms with Gasteiger partial charge in [-0.1, -0.05) is 71.4 Å². The molecule has 0 bridgehead atoms. The summed E-state index contributed by atoms with van der Waals surface area (Å²) in [7, 11) is 6.38. The maximum absolute atomic E-state index is 13.9. The van der Waals surface area contributed by atoms with E-state index in [-0.39, 0.29) is 48.9 Å². The second-order valence-corrected chi connectivity index (χ2v) is 13.5. The number of likely N-dealkylation sites (N-methyl/N-ethyl adjacent to an activating group) is 2. The van der Waals surface area contributed by atoms with Gasteiger partial charge in [0.05, 0.1) is 49.2 Å². The van der Waals surface area contributed by atoms with E-state index in [4.69, 9.17) is 9.47 Å². The van der Waals surface area contributed by atoms with Gasteiger partial charge in [-0.2, -0.15) is 0 Å². The Morgan fingerprint density at radius 2 is 1.67 bits per heavy atom. The molecule has 0 aliphatic carbocycles. The van der Waals surface area contributed by atoms with Crippen molar-refractivity contribution in [2.75, 3.05) is 41.4 Å². The molecule has 0 saturated carbocycles. The van der Waals surface area contributed by atoms with Gasteiger partial charge in [0.25, 0.3) is 0 Å². The molecule has 1 aliphatic heterocycles. The van der Waals surface area contributed by atoms with Crippen molar-refractivity contribution >= 4 is 29.6 Å². The van der Waals surface area contributed by atoms with Crippen LogP contribution in [0.25, 0.3) is 0 Å². The molecule has 1 unspecified atom stereocenters. The van der Waals surface area contributed by atoms with Crippen LogP contribution >= 0.6 is 0 Å². The summed E-state index contributed by atoms with van der Waals surface area (Å²) >= 11 is 0. The van der Waals surface area contributed by atoms with Crippen LogP contribution in [0.1, 0.15) is 65.9 Å². The SMILES string of the molecule is CC[C@H](C)[C@@H]([C@@H](CC(=O)N1CCC[C@H]1[C@H](OC)[C@@H](C)C(=O)N[C@@H](Cc1ccccc1)C(=O)O)OC)N(C)C(=O)CNC(=O)C(NC)C(C)C. The lowest BCUT2D eigenvalue weighted by Crippen LogP contribution is -2.55. The first-order chi connectivity index (χ1) is 23.2. The number of rotatable bonds is 20. The number of benzene rings is 1. The largest absolute Gasteiger partial charge is 0.480 e. The van der Waals surface area contributed by atoms with Crippen LogP contribution in [0.5, 0.6) is 0 Å². The standard InChI is InChI=1S/C36H59N5O8/c1-10-23(4)32(40(7)30(43)21-38-35(45)31(37-6)22(2)3)28(48-8)20-29(42)41-18-14-17-27(41)33(49-9)24(5)34(44)39-26(36(46)47)19-25-15-12-11-13-16-25/h11-13,15-16,22-24,26-28,31-33,37H,10,14,17-21H2,1-9H3,(H,38,45)(H,39,44)(H,46,47)/t23-,24+,26-,27-,28+,31?,32-,33+/m0/s1. The Labute approximate surface area is 291 Å². The van der Waals surface area contributed by atoms with Crippen LogP contribution in [0.2, 0.25) is 0 Å². The smallest absolute Gasteiger partial charge is 0.326 e. The van der Waals surface area contributed by atoms with Crippen molar-refractivity contribution in [3.05, 3.63) is 35.9 Å². The normalized spacial score (nSPS) is 18.9. The molecule has 4 N–H and O–H groups in total. The van der Waals surface area contributed by atoms with E-state index < -0.39 is 54.2 Å². The van der Waals surface area contributed by atoms with Gasteiger partial charge in [0, 0.05) is 34.2 Å². The number of nitrogens with one attached hydrogen (secondary N) is 3. The molecule has 0 radical (unpaired) electrons. The molecule has 0 aromatic heterocycles. The Bertz CT molecular complexity index is 1230. The molecule has 1 heterocycles. The summed E-state index contributed by atoms with van der Waals surface area (Å²) in [5.41, 5.74) is 0.785. The molecule has 4 amide bonds. The Balaban J connectivity index is 2.17. The highest BCUT2D eigenvalue weighted by Crippen LogP contribution is 2.29. The van der Waals surface area contributed by atoms with E-state index in [0.29, 0.717) is 19.4 Å². The Morgan fingerprint density at radius 1 is 1.02 bits per heavy atom. The fourth-order valence-electron chi connectivity index (χ4n) is 6.84. The molecule has 2 rings (SSSR count). The molecular weight excluding hydrogens is 630 g/mol. The molecule has 276 valence electrons. The molecule has 1 aromatic carbocycles. The minimum absolute atomic E-state index is 0.00363. The van der Waals surface area contributed by atoms with Gasteiger partial charge in [-0.05, 0) is 37.3 Å². The summed E-state index contributed by atoms with van der Waals surface area (Å²) < 4.78 is 11.7. The molecule has 13 nitrogen and oxygen atoms in total. The molecule has 1 aliphatic rings. The number of ether oxygens (including phenoxy) is 2. The van der Waals surface area contributed by atoms with Gasteiger partial charge in [0.2, 0.25) is 23.6 Å². The first kappa shape index (κ1) is 41.6. The van der Waals surface area contributed by atoms with Crippen molar-refractivity contribution in [2.45, 2.75) is 103 Å².